The van der Waals surface area contributed by atoms with Crippen LogP contribution in [0, 0.1) is 5.92 Å². The number of hydrogen-bond donors (Lipinski definition) is 1. The van der Waals surface area contributed by atoms with E-state index in [-0.39, 0.29) is 0 Å². The highest BCUT2D eigenvalue weighted by molar-refractivity contribution is 4.84. The van der Waals surface area contributed by atoms with Crippen molar-refractivity contribution in [1.82, 2.24) is 5.32 Å². The minimum absolute atomic E-state index is 0.428. The van der Waals surface area contributed by atoms with E-state index in [0.29, 0.717) is 24.1 Å². The van der Waals surface area contributed by atoms with Crippen LogP contribution in [0.4, 0.5) is 0 Å². The van der Waals surface area contributed by atoms with Gasteiger partial charge in [-0.25, -0.2) is 0 Å². The van der Waals surface area contributed by atoms with Gasteiger partial charge in [-0.05, 0) is 25.7 Å². The minimum Gasteiger partial charge on any atom is -0.376 e. The fourth-order valence-electron chi connectivity index (χ4n) is 2.09. The van der Waals surface area contributed by atoms with Crippen LogP contribution in [0.2, 0.25) is 0 Å². The van der Waals surface area contributed by atoms with E-state index in [4.69, 9.17) is 4.74 Å². The summed E-state index contributed by atoms with van der Waals surface area (Å²) >= 11 is 0. The Hall–Kier alpha value is -0.0800. The molecule has 0 saturated carbocycles. The Bertz CT molecular complexity index is 160. The lowest BCUT2D eigenvalue weighted by atomic mass is 10.0. The van der Waals surface area contributed by atoms with Crippen LogP contribution in [0.1, 0.15) is 47.0 Å². The summed E-state index contributed by atoms with van der Waals surface area (Å²) in [6.45, 7) is 9.92. The average Bonchev–Trinajstić information content (AvgIpc) is 2.31. The lowest BCUT2D eigenvalue weighted by Gasteiger charge is -2.25. The van der Waals surface area contributed by atoms with E-state index < -0.39 is 0 Å². The van der Waals surface area contributed by atoms with Gasteiger partial charge in [0.2, 0.25) is 0 Å². The summed E-state index contributed by atoms with van der Waals surface area (Å²) < 4.78 is 5.97. The lowest BCUT2D eigenvalue weighted by Crippen LogP contribution is -2.43. The summed E-state index contributed by atoms with van der Waals surface area (Å²) in [5.74, 6) is 0.630. The second-order valence-corrected chi connectivity index (χ2v) is 4.61. The quantitative estimate of drug-likeness (QED) is 0.754. The highest BCUT2D eigenvalue weighted by Gasteiger charge is 2.27. The summed E-state index contributed by atoms with van der Waals surface area (Å²) in [6, 6.07) is 1.14. The van der Waals surface area contributed by atoms with E-state index in [0.717, 1.165) is 6.61 Å². The predicted octanol–water partition coefficient (Wildman–Crippen LogP) is 2.58. The van der Waals surface area contributed by atoms with E-state index in [1.165, 1.54) is 19.3 Å². The molecule has 2 nitrogen and oxygen atoms in total. The zero-order valence-corrected chi connectivity index (χ0v) is 10.0. The first-order chi connectivity index (χ1) is 6.69. The maximum Gasteiger partial charge on any atom is 0.0728 e. The van der Waals surface area contributed by atoms with E-state index >= 15 is 0 Å². The molecule has 1 rings (SSSR count). The van der Waals surface area contributed by atoms with Gasteiger partial charge in [-0.15, -0.1) is 0 Å². The molecule has 1 aliphatic rings. The highest BCUT2D eigenvalue weighted by Crippen LogP contribution is 2.18. The second kappa shape index (κ2) is 5.72. The molecule has 0 aromatic heterocycles. The maximum atomic E-state index is 5.97. The van der Waals surface area contributed by atoms with Gasteiger partial charge >= 0.3 is 0 Å². The third kappa shape index (κ3) is 2.96. The van der Waals surface area contributed by atoms with E-state index in [1.807, 2.05) is 0 Å². The molecule has 0 aromatic carbocycles. The summed E-state index contributed by atoms with van der Waals surface area (Å²) in [6.07, 6.45) is 4.00. The standard InChI is InChI=1S/C12H25NO/c1-5-7-12-11(6-2)13-10(4)9(3)8-14-12/h9-13H,5-8H2,1-4H3. The molecule has 1 aliphatic heterocycles. The van der Waals surface area contributed by atoms with E-state index in [1.54, 1.807) is 0 Å². The third-order valence-electron chi connectivity index (χ3n) is 3.37. The molecule has 14 heavy (non-hydrogen) atoms. The summed E-state index contributed by atoms with van der Waals surface area (Å²) in [4.78, 5) is 0. The topological polar surface area (TPSA) is 21.3 Å². The maximum absolute atomic E-state index is 5.97. The Morgan fingerprint density at radius 1 is 1.29 bits per heavy atom. The van der Waals surface area contributed by atoms with Gasteiger partial charge < -0.3 is 10.1 Å². The van der Waals surface area contributed by atoms with Crippen molar-refractivity contribution in [2.45, 2.75) is 65.1 Å². The van der Waals surface area contributed by atoms with Crippen molar-refractivity contribution < 1.29 is 4.74 Å². The van der Waals surface area contributed by atoms with Crippen molar-refractivity contribution in [3.05, 3.63) is 0 Å². The van der Waals surface area contributed by atoms with Gasteiger partial charge in [0.25, 0.3) is 0 Å². The Morgan fingerprint density at radius 2 is 2.00 bits per heavy atom. The van der Waals surface area contributed by atoms with Crippen molar-refractivity contribution >= 4 is 0 Å². The molecule has 0 aromatic rings. The molecule has 0 amide bonds. The first-order valence-corrected chi connectivity index (χ1v) is 6.06. The lowest BCUT2D eigenvalue weighted by molar-refractivity contribution is 0.0241. The van der Waals surface area contributed by atoms with Crippen LogP contribution >= 0.6 is 0 Å². The van der Waals surface area contributed by atoms with Crippen LogP contribution < -0.4 is 5.32 Å². The zero-order valence-electron chi connectivity index (χ0n) is 10.0. The molecule has 1 fully saturated rings. The Balaban J connectivity index is 2.57. The zero-order chi connectivity index (χ0) is 10.6. The van der Waals surface area contributed by atoms with E-state index in [2.05, 4.69) is 33.0 Å². The Morgan fingerprint density at radius 3 is 2.57 bits per heavy atom. The largest absolute Gasteiger partial charge is 0.376 e. The van der Waals surface area contributed by atoms with Gasteiger partial charge in [0.1, 0.15) is 0 Å². The first kappa shape index (κ1) is 12.0. The molecule has 1 heterocycles. The molecule has 0 aliphatic carbocycles. The van der Waals surface area contributed by atoms with Gasteiger partial charge in [-0.2, -0.15) is 0 Å². The normalized spacial score (nSPS) is 39.4. The molecule has 1 N–H and O–H groups in total. The minimum atomic E-state index is 0.428. The molecule has 4 atom stereocenters. The van der Waals surface area contributed by atoms with Gasteiger partial charge in [-0.1, -0.05) is 27.2 Å². The van der Waals surface area contributed by atoms with Crippen LogP contribution in [-0.2, 0) is 4.74 Å². The number of ether oxygens (including phenoxy) is 1. The van der Waals surface area contributed by atoms with Crippen LogP contribution in [0.25, 0.3) is 0 Å². The summed E-state index contributed by atoms with van der Waals surface area (Å²) in [5.41, 5.74) is 0. The van der Waals surface area contributed by atoms with E-state index in [9.17, 15) is 0 Å². The molecule has 0 bridgehead atoms. The van der Waals surface area contributed by atoms with Crippen LogP contribution in [0.15, 0.2) is 0 Å². The number of nitrogens with one attached hydrogen (secondary N) is 1. The Labute approximate surface area is 88.4 Å². The van der Waals surface area contributed by atoms with Gasteiger partial charge in [0.15, 0.2) is 0 Å². The van der Waals surface area contributed by atoms with Crippen molar-refractivity contribution in [3.63, 3.8) is 0 Å². The van der Waals surface area contributed by atoms with Crippen molar-refractivity contribution in [3.8, 4) is 0 Å². The molecule has 1 saturated heterocycles. The second-order valence-electron chi connectivity index (χ2n) is 4.61. The molecule has 84 valence electrons. The Kier molecular flexibility index (Phi) is 4.90. The molecular weight excluding hydrogens is 174 g/mol. The van der Waals surface area contributed by atoms with Crippen molar-refractivity contribution in [2.24, 2.45) is 5.92 Å². The van der Waals surface area contributed by atoms with Crippen LogP contribution in [0.3, 0.4) is 0 Å². The van der Waals surface area contributed by atoms with Crippen molar-refractivity contribution in [2.75, 3.05) is 6.61 Å². The van der Waals surface area contributed by atoms with Gasteiger partial charge in [-0.3, -0.25) is 0 Å². The SMILES string of the molecule is CCCC1OCC(C)C(C)NC1CC. The third-order valence-corrected chi connectivity index (χ3v) is 3.37. The molecule has 2 heteroatoms. The fraction of sp³-hybridized carbons (Fsp3) is 1.00. The molecule has 0 spiro atoms. The summed E-state index contributed by atoms with van der Waals surface area (Å²) in [5, 5.41) is 3.69. The monoisotopic (exact) mass is 199 g/mol. The molecular formula is C12H25NO. The first-order valence-electron chi connectivity index (χ1n) is 6.06. The smallest absolute Gasteiger partial charge is 0.0728 e. The molecule has 4 unspecified atom stereocenters. The average molecular weight is 199 g/mol. The predicted molar refractivity (Wildman–Crippen MR) is 60.5 cm³/mol. The summed E-state index contributed by atoms with van der Waals surface area (Å²) in [7, 11) is 0. The molecule has 0 radical (unpaired) electrons. The van der Waals surface area contributed by atoms with Crippen molar-refractivity contribution in [1.29, 1.82) is 0 Å². The number of rotatable bonds is 3. The highest BCUT2D eigenvalue weighted by atomic mass is 16.5. The van der Waals surface area contributed by atoms with Crippen LogP contribution in [0.5, 0.6) is 0 Å². The van der Waals surface area contributed by atoms with Crippen LogP contribution in [-0.4, -0.2) is 24.8 Å². The fourth-order valence-corrected chi connectivity index (χ4v) is 2.09. The number of hydrogen-bond acceptors (Lipinski definition) is 2. The van der Waals surface area contributed by atoms with Gasteiger partial charge in [0.05, 0.1) is 12.7 Å². The van der Waals surface area contributed by atoms with Gasteiger partial charge in [0, 0.05) is 12.1 Å².